The molecule has 0 aliphatic carbocycles. The van der Waals surface area contributed by atoms with Crippen LogP contribution in [0.2, 0.25) is 0 Å². The van der Waals surface area contributed by atoms with Crippen molar-refractivity contribution in [3.05, 3.63) is 52.2 Å². The van der Waals surface area contributed by atoms with Crippen molar-refractivity contribution in [1.82, 2.24) is 5.32 Å². The normalized spacial score (nSPS) is 19.4. The number of hydrogen-bond donors (Lipinski definition) is 3. The maximum absolute atomic E-state index is 12.5. The molecule has 0 fully saturated rings. The fourth-order valence-electron chi connectivity index (χ4n) is 2.70. The summed E-state index contributed by atoms with van der Waals surface area (Å²) in [7, 11) is 0. The Morgan fingerprint density at radius 1 is 1.39 bits per heavy atom. The zero-order valence-electron chi connectivity index (χ0n) is 12.7. The van der Waals surface area contributed by atoms with Gasteiger partial charge in [0.25, 0.3) is 0 Å². The summed E-state index contributed by atoms with van der Waals surface area (Å²) in [5, 5.41) is 17.9. The molecule has 2 atom stereocenters. The van der Waals surface area contributed by atoms with Crippen LogP contribution in [-0.4, -0.2) is 23.5 Å². The average molecular weight is 330 g/mol. The van der Waals surface area contributed by atoms with Gasteiger partial charge in [0.15, 0.2) is 0 Å². The molecule has 0 saturated carbocycles. The minimum absolute atomic E-state index is 0.104. The molecular weight excluding hydrogens is 312 g/mol. The number of anilines is 1. The second-order valence-corrected chi connectivity index (χ2v) is 6.81. The summed E-state index contributed by atoms with van der Waals surface area (Å²) < 4.78 is 0. The predicted octanol–water partition coefficient (Wildman–Crippen LogP) is 2.20. The molecule has 0 bridgehead atoms. The number of fused-ring (bicyclic) bond motifs is 1. The zero-order valence-corrected chi connectivity index (χ0v) is 13.5. The Balaban J connectivity index is 1.73. The summed E-state index contributed by atoms with van der Waals surface area (Å²) in [5.74, 6) is -0.947. The van der Waals surface area contributed by atoms with Gasteiger partial charge in [-0.15, -0.1) is 11.3 Å². The minimum Gasteiger partial charge on any atom is -0.383 e. The van der Waals surface area contributed by atoms with Crippen LogP contribution in [0.4, 0.5) is 5.69 Å². The van der Waals surface area contributed by atoms with Gasteiger partial charge in [0.2, 0.25) is 11.8 Å². The quantitative estimate of drug-likeness (QED) is 0.804. The number of amides is 2. The van der Waals surface area contributed by atoms with Gasteiger partial charge >= 0.3 is 0 Å². The molecule has 0 spiro atoms. The molecule has 1 aromatic carbocycles. The Morgan fingerprint density at radius 2 is 2.17 bits per heavy atom. The van der Waals surface area contributed by atoms with Crippen LogP contribution in [0.25, 0.3) is 0 Å². The van der Waals surface area contributed by atoms with Gasteiger partial charge in [-0.25, -0.2) is 0 Å². The molecule has 2 heterocycles. The van der Waals surface area contributed by atoms with E-state index in [9.17, 15) is 14.7 Å². The summed E-state index contributed by atoms with van der Waals surface area (Å²) in [4.78, 5) is 25.1. The van der Waals surface area contributed by atoms with Crippen LogP contribution in [0.3, 0.4) is 0 Å². The molecule has 2 unspecified atom stereocenters. The number of thiophene rings is 1. The van der Waals surface area contributed by atoms with Gasteiger partial charge in [-0.05, 0) is 30.0 Å². The molecule has 5 nitrogen and oxygen atoms in total. The van der Waals surface area contributed by atoms with E-state index in [-0.39, 0.29) is 24.8 Å². The first-order chi connectivity index (χ1) is 11.0. The number of rotatable bonds is 4. The van der Waals surface area contributed by atoms with Crippen LogP contribution in [0.5, 0.6) is 0 Å². The van der Waals surface area contributed by atoms with E-state index in [1.165, 1.54) is 11.3 Å². The van der Waals surface area contributed by atoms with Crippen molar-refractivity contribution in [3.63, 3.8) is 0 Å². The summed E-state index contributed by atoms with van der Waals surface area (Å²) in [5.41, 5.74) is 0.356. The van der Waals surface area contributed by atoms with Crippen molar-refractivity contribution in [2.24, 2.45) is 0 Å². The Kier molecular flexibility index (Phi) is 4.19. The van der Waals surface area contributed by atoms with E-state index in [0.717, 1.165) is 10.4 Å². The van der Waals surface area contributed by atoms with E-state index < -0.39 is 11.5 Å². The Labute approximate surface area is 138 Å². The number of nitrogens with one attached hydrogen (secondary N) is 2. The lowest BCUT2D eigenvalue weighted by molar-refractivity contribution is -0.127. The van der Waals surface area contributed by atoms with E-state index in [1.54, 1.807) is 13.0 Å². The Hall–Kier alpha value is -2.18. The predicted molar refractivity (Wildman–Crippen MR) is 89.3 cm³/mol. The van der Waals surface area contributed by atoms with Gasteiger partial charge in [0, 0.05) is 17.0 Å². The van der Waals surface area contributed by atoms with Crippen molar-refractivity contribution in [3.8, 4) is 0 Å². The molecule has 0 radical (unpaired) electrons. The van der Waals surface area contributed by atoms with E-state index in [4.69, 9.17) is 0 Å². The third kappa shape index (κ3) is 3.28. The van der Waals surface area contributed by atoms with E-state index in [1.807, 2.05) is 35.7 Å². The molecule has 3 N–H and O–H groups in total. The van der Waals surface area contributed by atoms with Crippen LogP contribution in [-0.2, 0) is 15.2 Å². The summed E-state index contributed by atoms with van der Waals surface area (Å²) >= 11 is 1.44. The first-order valence-electron chi connectivity index (χ1n) is 7.40. The van der Waals surface area contributed by atoms with Crippen molar-refractivity contribution >= 4 is 28.8 Å². The molecular formula is C17H18N2O3S. The van der Waals surface area contributed by atoms with Crippen LogP contribution < -0.4 is 10.6 Å². The van der Waals surface area contributed by atoms with Crippen LogP contribution in [0.1, 0.15) is 29.7 Å². The number of carbonyl (C=O) groups is 2. The number of benzene rings is 1. The highest BCUT2D eigenvalue weighted by atomic mass is 32.1. The second kappa shape index (κ2) is 6.14. The molecule has 2 amide bonds. The van der Waals surface area contributed by atoms with Gasteiger partial charge in [0.1, 0.15) is 5.60 Å². The lowest BCUT2D eigenvalue weighted by atomic mass is 9.89. The van der Waals surface area contributed by atoms with Gasteiger partial charge in [-0.2, -0.15) is 0 Å². The lowest BCUT2D eigenvalue weighted by Crippen LogP contribution is -2.41. The maximum Gasteiger partial charge on any atom is 0.228 e. The van der Waals surface area contributed by atoms with Crippen molar-refractivity contribution < 1.29 is 14.7 Å². The second-order valence-electron chi connectivity index (χ2n) is 5.86. The third-order valence-corrected chi connectivity index (χ3v) is 5.10. The molecule has 6 heteroatoms. The molecule has 1 aliphatic rings. The highest BCUT2D eigenvalue weighted by molar-refractivity contribution is 7.10. The molecule has 2 aromatic rings. The van der Waals surface area contributed by atoms with Gasteiger partial charge < -0.3 is 15.7 Å². The summed E-state index contributed by atoms with van der Waals surface area (Å²) in [6, 6.07) is 11.0. The van der Waals surface area contributed by atoms with Crippen molar-refractivity contribution in [1.29, 1.82) is 0 Å². The monoisotopic (exact) mass is 330 g/mol. The minimum atomic E-state index is -1.12. The van der Waals surface area contributed by atoms with E-state index in [0.29, 0.717) is 5.69 Å². The number of aliphatic hydroxyl groups is 1. The molecule has 0 saturated heterocycles. The fourth-order valence-corrected chi connectivity index (χ4v) is 3.49. The van der Waals surface area contributed by atoms with E-state index in [2.05, 4.69) is 10.6 Å². The third-order valence-electron chi connectivity index (χ3n) is 3.98. The topological polar surface area (TPSA) is 78.4 Å². The van der Waals surface area contributed by atoms with E-state index >= 15 is 0 Å². The van der Waals surface area contributed by atoms with Gasteiger partial charge in [-0.1, -0.05) is 24.3 Å². The smallest absolute Gasteiger partial charge is 0.228 e. The van der Waals surface area contributed by atoms with Crippen LogP contribution >= 0.6 is 11.3 Å². The number of para-hydroxylation sites is 1. The highest BCUT2D eigenvalue weighted by Gasteiger charge is 2.32. The zero-order chi connectivity index (χ0) is 16.4. The largest absolute Gasteiger partial charge is 0.383 e. The SMILES string of the molecule is CC(O)(CNC(=O)C1CC(=O)Nc2ccccc21)c1cccs1. The lowest BCUT2D eigenvalue weighted by Gasteiger charge is -2.27. The molecule has 1 aromatic heterocycles. The van der Waals surface area contributed by atoms with Crippen LogP contribution in [0.15, 0.2) is 41.8 Å². The average Bonchev–Trinajstić information content (AvgIpc) is 3.07. The molecule has 1 aliphatic heterocycles. The molecule has 23 heavy (non-hydrogen) atoms. The Morgan fingerprint density at radius 3 is 2.91 bits per heavy atom. The number of hydrogen-bond acceptors (Lipinski definition) is 4. The maximum atomic E-state index is 12.5. The van der Waals surface area contributed by atoms with Crippen molar-refractivity contribution in [2.45, 2.75) is 24.9 Å². The van der Waals surface area contributed by atoms with Crippen LogP contribution in [0, 0.1) is 0 Å². The molecule has 3 rings (SSSR count). The van der Waals surface area contributed by atoms with Crippen molar-refractivity contribution in [2.75, 3.05) is 11.9 Å². The number of carbonyl (C=O) groups excluding carboxylic acids is 2. The fraction of sp³-hybridized carbons (Fsp3) is 0.294. The van der Waals surface area contributed by atoms with Gasteiger partial charge in [0.05, 0.1) is 12.5 Å². The first kappa shape index (κ1) is 15.7. The first-order valence-corrected chi connectivity index (χ1v) is 8.28. The highest BCUT2D eigenvalue weighted by Crippen LogP contribution is 2.32. The summed E-state index contributed by atoms with van der Waals surface area (Å²) in [6.07, 6.45) is 0.115. The van der Waals surface area contributed by atoms with Gasteiger partial charge in [-0.3, -0.25) is 9.59 Å². The summed E-state index contributed by atoms with van der Waals surface area (Å²) in [6.45, 7) is 1.77. The molecule has 120 valence electrons. The Bertz CT molecular complexity index is 725. The standard InChI is InChI=1S/C17H18N2O3S/c1-17(22,14-7-4-8-23-14)10-18-16(21)12-9-15(20)19-13-6-3-2-5-11(12)13/h2-8,12,22H,9-10H2,1H3,(H,18,21)(H,19,20).